The summed E-state index contributed by atoms with van der Waals surface area (Å²) in [5.74, 6) is 0. The predicted octanol–water partition coefficient (Wildman–Crippen LogP) is 2.58. The van der Waals surface area contributed by atoms with E-state index in [9.17, 15) is 4.79 Å². The molecule has 0 aliphatic rings. The summed E-state index contributed by atoms with van der Waals surface area (Å²) < 4.78 is 1.14. The molecule has 0 amide bonds. The number of para-hydroxylation sites is 1. The number of aromatic amines is 1. The zero-order valence-corrected chi connectivity index (χ0v) is 8.33. The number of aldehydes is 1. The third-order valence-corrected chi connectivity index (χ3v) is 2.72. The highest BCUT2D eigenvalue weighted by Gasteiger charge is 2.03. The lowest BCUT2D eigenvalue weighted by molar-refractivity contribution is 0.112. The summed E-state index contributed by atoms with van der Waals surface area (Å²) in [7, 11) is 0. The number of fused-ring (bicyclic) bond motifs is 1. The van der Waals surface area contributed by atoms with Crippen molar-refractivity contribution in [1.82, 2.24) is 4.98 Å². The van der Waals surface area contributed by atoms with Gasteiger partial charge in [0, 0.05) is 20.7 Å². The summed E-state index contributed by atoms with van der Waals surface area (Å²) in [6, 6.07) is 5.90. The Morgan fingerprint density at radius 3 is 3.00 bits per heavy atom. The van der Waals surface area contributed by atoms with Crippen LogP contribution in [0.3, 0.4) is 0 Å². The molecule has 1 aromatic heterocycles. The number of H-pyrrole nitrogens is 1. The van der Waals surface area contributed by atoms with Crippen molar-refractivity contribution in [3.05, 3.63) is 33.5 Å². The molecule has 0 aliphatic carbocycles. The Kier molecular flexibility index (Phi) is 1.88. The highest BCUT2D eigenvalue weighted by atomic mass is 127. The molecule has 0 aliphatic heterocycles. The Labute approximate surface area is 83.1 Å². The number of hydrogen-bond acceptors (Lipinski definition) is 1. The molecule has 0 saturated heterocycles. The van der Waals surface area contributed by atoms with Gasteiger partial charge in [-0.2, -0.15) is 0 Å². The Hall–Kier alpha value is -0.840. The van der Waals surface area contributed by atoms with Crippen molar-refractivity contribution in [3.63, 3.8) is 0 Å². The summed E-state index contributed by atoms with van der Waals surface area (Å²) in [4.78, 5) is 13.6. The maximum absolute atomic E-state index is 10.6. The molecule has 0 radical (unpaired) electrons. The fourth-order valence-corrected chi connectivity index (χ4v) is 1.89. The van der Waals surface area contributed by atoms with Gasteiger partial charge in [0.15, 0.2) is 6.29 Å². The summed E-state index contributed by atoms with van der Waals surface area (Å²) in [6.07, 6.45) is 2.61. The topological polar surface area (TPSA) is 32.9 Å². The van der Waals surface area contributed by atoms with Gasteiger partial charge in [0.2, 0.25) is 0 Å². The molecule has 0 fully saturated rings. The molecule has 0 saturated carbocycles. The van der Waals surface area contributed by atoms with Gasteiger partial charge in [0.05, 0.1) is 5.52 Å². The van der Waals surface area contributed by atoms with Crippen molar-refractivity contribution in [2.45, 2.75) is 0 Å². The van der Waals surface area contributed by atoms with Gasteiger partial charge in [0.1, 0.15) is 0 Å². The number of halogens is 1. The van der Waals surface area contributed by atoms with Gasteiger partial charge >= 0.3 is 0 Å². The quantitative estimate of drug-likeness (QED) is 0.627. The lowest BCUT2D eigenvalue weighted by atomic mass is 10.2. The van der Waals surface area contributed by atoms with Crippen LogP contribution in [0.15, 0.2) is 24.4 Å². The highest BCUT2D eigenvalue weighted by molar-refractivity contribution is 14.1. The van der Waals surface area contributed by atoms with E-state index in [1.807, 2.05) is 18.2 Å². The van der Waals surface area contributed by atoms with Crippen molar-refractivity contribution in [3.8, 4) is 0 Å². The first-order valence-electron chi connectivity index (χ1n) is 3.53. The van der Waals surface area contributed by atoms with E-state index in [-0.39, 0.29) is 0 Å². The fraction of sp³-hybridized carbons (Fsp3) is 0. The molecule has 1 aromatic carbocycles. The molecular formula is C9H6INO. The molecule has 0 atom stereocenters. The predicted molar refractivity (Wildman–Crippen MR) is 56.4 cm³/mol. The summed E-state index contributed by atoms with van der Waals surface area (Å²) >= 11 is 2.24. The van der Waals surface area contributed by atoms with E-state index in [2.05, 4.69) is 27.6 Å². The monoisotopic (exact) mass is 271 g/mol. The van der Waals surface area contributed by atoms with E-state index in [0.717, 1.165) is 26.3 Å². The SMILES string of the molecule is O=Cc1c[nH]c2c(I)cccc12. The van der Waals surface area contributed by atoms with E-state index in [1.54, 1.807) is 6.20 Å². The maximum Gasteiger partial charge on any atom is 0.152 e. The first-order valence-corrected chi connectivity index (χ1v) is 4.61. The third-order valence-electron chi connectivity index (χ3n) is 1.82. The first-order chi connectivity index (χ1) is 5.83. The van der Waals surface area contributed by atoms with Crippen LogP contribution in [-0.4, -0.2) is 11.3 Å². The molecule has 2 nitrogen and oxygen atoms in total. The van der Waals surface area contributed by atoms with Crippen molar-refractivity contribution >= 4 is 39.8 Å². The van der Waals surface area contributed by atoms with Crippen molar-refractivity contribution in [2.24, 2.45) is 0 Å². The number of rotatable bonds is 1. The molecule has 0 spiro atoms. The van der Waals surface area contributed by atoms with Crippen LogP contribution in [0.25, 0.3) is 10.9 Å². The van der Waals surface area contributed by atoms with E-state index >= 15 is 0 Å². The largest absolute Gasteiger partial charge is 0.360 e. The van der Waals surface area contributed by atoms with Crippen LogP contribution < -0.4 is 0 Å². The third kappa shape index (κ3) is 1.04. The number of benzene rings is 1. The Balaban J connectivity index is 2.88. The Morgan fingerprint density at radius 1 is 1.42 bits per heavy atom. The van der Waals surface area contributed by atoms with E-state index in [0.29, 0.717) is 0 Å². The van der Waals surface area contributed by atoms with Crippen LogP contribution in [0.5, 0.6) is 0 Å². The van der Waals surface area contributed by atoms with Crippen LogP contribution in [0.4, 0.5) is 0 Å². The zero-order valence-electron chi connectivity index (χ0n) is 6.17. The number of carbonyl (C=O) groups is 1. The minimum atomic E-state index is 0.725. The van der Waals surface area contributed by atoms with Gasteiger partial charge in [-0.05, 0) is 28.7 Å². The highest BCUT2D eigenvalue weighted by Crippen LogP contribution is 2.21. The standard InChI is InChI=1S/C9H6INO/c10-8-3-1-2-7-6(5-12)4-11-9(7)8/h1-5,11H. The molecule has 1 heterocycles. The van der Waals surface area contributed by atoms with E-state index in [1.165, 1.54) is 0 Å². The second-order valence-corrected chi connectivity index (χ2v) is 3.69. The average molecular weight is 271 g/mol. The molecule has 1 N–H and O–H groups in total. The smallest absolute Gasteiger partial charge is 0.152 e. The van der Waals surface area contributed by atoms with Gasteiger partial charge in [-0.3, -0.25) is 4.79 Å². The lowest BCUT2D eigenvalue weighted by Crippen LogP contribution is -1.76. The second-order valence-electron chi connectivity index (χ2n) is 2.52. The van der Waals surface area contributed by atoms with Gasteiger partial charge < -0.3 is 4.98 Å². The average Bonchev–Trinajstić information content (AvgIpc) is 2.49. The number of aromatic nitrogens is 1. The molecule has 3 heteroatoms. The number of hydrogen-bond donors (Lipinski definition) is 1. The normalized spacial score (nSPS) is 10.4. The molecule has 0 unspecified atom stereocenters. The van der Waals surface area contributed by atoms with Gasteiger partial charge in [-0.25, -0.2) is 0 Å². The van der Waals surface area contributed by atoms with Crippen molar-refractivity contribution in [2.75, 3.05) is 0 Å². The number of nitrogens with one attached hydrogen (secondary N) is 1. The van der Waals surface area contributed by atoms with Gasteiger partial charge in [0.25, 0.3) is 0 Å². The Morgan fingerprint density at radius 2 is 2.25 bits per heavy atom. The van der Waals surface area contributed by atoms with Gasteiger partial charge in [-0.15, -0.1) is 0 Å². The van der Waals surface area contributed by atoms with Crippen LogP contribution in [0.1, 0.15) is 10.4 Å². The maximum atomic E-state index is 10.6. The van der Waals surface area contributed by atoms with Crippen molar-refractivity contribution < 1.29 is 4.79 Å². The van der Waals surface area contributed by atoms with Crippen molar-refractivity contribution in [1.29, 1.82) is 0 Å². The second kappa shape index (κ2) is 2.90. The lowest BCUT2D eigenvalue weighted by Gasteiger charge is -1.92. The summed E-state index contributed by atoms with van der Waals surface area (Å²) in [5, 5.41) is 0.997. The molecule has 2 aromatic rings. The zero-order chi connectivity index (χ0) is 8.55. The minimum absolute atomic E-state index is 0.725. The first kappa shape index (κ1) is 7.79. The molecule has 12 heavy (non-hydrogen) atoms. The molecule has 0 bridgehead atoms. The van der Waals surface area contributed by atoms with Gasteiger partial charge in [-0.1, -0.05) is 12.1 Å². The van der Waals surface area contributed by atoms with Crippen LogP contribution in [0.2, 0.25) is 0 Å². The summed E-state index contributed by atoms with van der Waals surface area (Å²) in [5.41, 5.74) is 1.77. The van der Waals surface area contributed by atoms with E-state index < -0.39 is 0 Å². The number of carbonyl (C=O) groups excluding carboxylic acids is 1. The van der Waals surface area contributed by atoms with Crippen LogP contribution in [-0.2, 0) is 0 Å². The van der Waals surface area contributed by atoms with Crippen LogP contribution >= 0.6 is 22.6 Å². The molecular weight excluding hydrogens is 265 g/mol. The summed E-state index contributed by atoms with van der Waals surface area (Å²) in [6.45, 7) is 0. The fourth-order valence-electron chi connectivity index (χ4n) is 1.24. The van der Waals surface area contributed by atoms with Crippen LogP contribution in [0, 0.1) is 3.57 Å². The molecule has 60 valence electrons. The molecule has 2 rings (SSSR count). The Bertz CT molecular complexity index is 433. The minimum Gasteiger partial charge on any atom is -0.360 e. The van der Waals surface area contributed by atoms with E-state index in [4.69, 9.17) is 0 Å².